The highest BCUT2D eigenvalue weighted by molar-refractivity contribution is 7.90. The Hall–Kier alpha value is -0.0600. The molecule has 0 amide bonds. The van der Waals surface area contributed by atoms with Crippen LogP contribution in [0.25, 0.3) is 0 Å². The van der Waals surface area contributed by atoms with Crippen LogP contribution in [0.15, 0.2) is 12.7 Å². The zero-order valence-electron chi connectivity index (χ0n) is 12.7. The van der Waals surface area contributed by atoms with Gasteiger partial charge in [-0.25, -0.2) is 4.39 Å². The summed E-state index contributed by atoms with van der Waals surface area (Å²) in [4.78, 5) is 0. The van der Waals surface area contributed by atoms with Crippen LogP contribution < -0.4 is 4.72 Å². The van der Waals surface area contributed by atoms with E-state index in [0.717, 1.165) is 19.3 Å². The quantitative estimate of drug-likeness (QED) is 0.639. The van der Waals surface area contributed by atoms with Crippen molar-refractivity contribution in [3.05, 3.63) is 12.7 Å². The van der Waals surface area contributed by atoms with Gasteiger partial charge in [0.05, 0.1) is 5.54 Å². The van der Waals surface area contributed by atoms with Crippen molar-refractivity contribution in [2.45, 2.75) is 68.8 Å². The van der Waals surface area contributed by atoms with Crippen LogP contribution in [0.1, 0.15) is 52.9 Å². The second-order valence-corrected chi connectivity index (χ2v) is 10.1. The third kappa shape index (κ3) is 2.15. The molecule has 4 heteroatoms. The molecule has 0 aromatic carbocycles. The molecule has 6 atom stereocenters. The first-order valence-corrected chi connectivity index (χ1v) is 8.86. The highest BCUT2D eigenvalue weighted by Gasteiger charge is 2.63. The molecule has 4 rings (SSSR count). The molecule has 4 saturated carbocycles. The molecular weight excluding hydrogens is 273 g/mol. The summed E-state index contributed by atoms with van der Waals surface area (Å²) in [5.41, 5.74) is -1.29. The van der Waals surface area contributed by atoms with Crippen LogP contribution in [0.3, 0.4) is 0 Å². The topological polar surface area (TPSA) is 35.1 Å². The largest absolute Gasteiger partial charge is 0.598 e. The molecule has 0 aromatic rings. The zero-order valence-corrected chi connectivity index (χ0v) is 13.6. The Morgan fingerprint density at radius 2 is 1.80 bits per heavy atom. The summed E-state index contributed by atoms with van der Waals surface area (Å²) in [6, 6.07) is 0. The van der Waals surface area contributed by atoms with Crippen molar-refractivity contribution in [1.82, 2.24) is 4.72 Å². The number of halogens is 1. The molecule has 114 valence electrons. The smallest absolute Gasteiger partial charge is 0.136 e. The molecule has 0 aromatic heterocycles. The standard InChI is InChI=1S/C16H26FNOS/c1-5-16(18-20(19)14(2,3)4)12-6-11-7-13(16)10-15(17,8-11)9-12/h5,11-13,18H,1,6-10H2,2-4H3/t11-,12-,13+,15-,16+,20?. The summed E-state index contributed by atoms with van der Waals surface area (Å²) in [6.45, 7) is 9.93. The Morgan fingerprint density at radius 1 is 1.25 bits per heavy atom. The molecule has 0 heterocycles. The fourth-order valence-electron chi connectivity index (χ4n) is 4.80. The van der Waals surface area contributed by atoms with Gasteiger partial charge in [-0.15, -0.1) is 11.3 Å². The van der Waals surface area contributed by atoms with Gasteiger partial charge in [-0.3, -0.25) is 0 Å². The van der Waals surface area contributed by atoms with Gasteiger partial charge in [-0.05, 0) is 70.6 Å². The Labute approximate surface area is 124 Å². The number of hydrogen-bond acceptors (Lipinski definition) is 2. The lowest BCUT2D eigenvalue weighted by molar-refractivity contribution is -0.111. The maximum atomic E-state index is 14.8. The first kappa shape index (κ1) is 14.9. The minimum atomic E-state index is -1.14. The highest BCUT2D eigenvalue weighted by atomic mass is 32.2. The molecule has 1 unspecified atom stereocenters. The van der Waals surface area contributed by atoms with Crippen molar-refractivity contribution in [1.29, 1.82) is 0 Å². The van der Waals surface area contributed by atoms with Gasteiger partial charge in [0.25, 0.3) is 0 Å². The van der Waals surface area contributed by atoms with E-state index >= 15 is 0 Å². The van der Waals surface area contributed by atoms with Gasteiger partial charge >= 0.3 is 0 Å². The summed E-state index contributed by atoms with van der Waals surface area (Å²) in [7, 11) is 0. The zero-order chi connectivity index (χ0) is 14.8. The molecule has 1 N–H and O–H groups in total. The lowest BCUT2D eigenvalue weighted by Crippen LogP contribution is -2.69. The Morgan fingerprint density at radius 3 is 2.20 bits per heavy atom. The normalized spacial score (nSPS) is 48.4. The fraction of sp³-hybridized carbons (Fsp3) is 0.875. The third-order valence-electron chi connectivity index (χ3n) is 5.63. The molecule has 4 aliphatic carbocycles. The van der Waals surface area contributed by atoms with E-state index in [-0.39, 0.29) is 22.1 Å². The molecule has 0 aliphatic heterocycles. The molecule has 20 heavy (non-hydrogen) atoms. The van der Waals surface area contributed by atoms with Gasteiger partial charge < -0.3 is 4.55 Å². The van der Waals surface area contributed by atoms with Crippen molar-refractivity contribution in [2.24, 2.45) is 17.8 Å². The van der Waals surface area contributed by atoms with E-state index in [0.29, 0.717) is 18.8 Å². The molecule has 4 aliphatic rings. The van der Waals surface area contributed by atoms with Crippen LogP contribution in [0, 0.1) is 17.8 Å². The molecule has 4 bridgehead atoms. The highest BCUT2D eigenvalue weighted by Crippen LogP contribution is 2.61. The van der Waals surface area contributed by atoms with Crippen LogP contribution >= 0.6 is 0 Å². The number of nitrogens with one attached hydrogen (secondary N) is 1. The summed E-state index contributed by atoms with van der Waals surface area (Å²) in [5.74, 6) is 1.03. The molecule has 0 spiro atoms. The molecular formula is C16H26FNOS. The van der Waals surface area contributed by atoms with E-state index in [1.807, 2.05) is 26.8 Å². The van der Waals surface area contributed by atoms with Crippen LogP contribution in [0.2, 0.25) is 0 Å². The third-order valence-corrected chi connectivity index (χ3v) is 7.28. The Balaban J connectivity index is 1.88. The van der Waals surface area contributed by atoms with Crippen LogP contribution in [-0.2, 0) is 11.4 Å². The van der Waals surface area contributed by atoms with E-state index in [1.54, 1.807) is 0 Å². The lowest BCUT2D eigenvalue weighted by Gasteiger charge is -2.61. The van der Waals surface area contributed by atoms with Gasteiger partial charge in [0.2, 0.25) is 0 Å². The van der Waals surface area contributed by atoms with Gasteiger partial charge in [0, 0.05) is 11.4 Å². The van der Waals surface area contributed by atoms with Gasteiger partial charge in [0.1, 0.15) is 10.4 Å². The van der Waals surface area contributed by atoms with E-state index < -0.39 is 17.0 Å². The summed E-state index contributed by atoms with van der Waals surface area (Å²) in [5, 5.41) is 0. The van der Waals surface area contributed by atoms with Crippen molar-refractivity contribution in [3.8, 4) is 0 Å². The predicted octanol–water partition coefficient (Wildman–Crippen LogP) is 3.51. The fourth-order valence-corrected chi connectivity index (χ4v) is 5.85. The second-order valence-electron chi connectivity index (χ2n) is 8.11. The van der Waals surface area contributed by atoms with Gasteiger partial charge in [0.15, 0.2) is 0 Å². The van der Waals surface area contributed by atoms with E-state index in [2.05, 4.69) is 11.3 Å². The molecule has 0 radical (unpaired) electrons. The first-order valence-electron chi connectivity index (χ1n) is 7.71. The average molecular weight is 299 g/mol. The van der Waals surface area contributed by atoms with Crippen molar-refractivity contribution in [2.75, 3.05) is 0 Å². The summed E-state index contributed by atoms with van der Waals surface area (Å²) < 4.78 is 30.4. The molecule has 2 nitrogen and oxygen atoms in total. The van der Waals surface area contributed by atoms with Crippen molar-refractivity contribution < 1.29 is 8.94 Å². The van der Waals surface area contributed by atoms with E-state index in [9.17, 15) is 8.94 Å². The summed E-state index contributed by atoms with van der Waals surface area (Å²) in [6.07, 6.45) is 6.02. The summed E-state index contributed by atoms with van der Waals surface area (Å²) >= 11 is -1.14. The first-order chi connectivity index (χ1) is 9.18. The van der Waals surface area contributed by atoms with E-state index in [1.165, 1.54) is 0 Å². The van der Waals surface area contributed by atoms with Crippen LogP contribution in [0.5, 0.6) is 0 Å². The SMILES string of the molecule is C=C[C@]1(N[S+]([O-])C(C)(C)C)[C@@H]2C[C@@H]3C[C@H]1C[C@@](F)(C3)C2. The Kier molecular flexibility index (Phi) is 3.32. The predicted molar refractivity (Wildman–Crippen MR) is 81.4 cm³/mol. The van der Waals surface area contributed by atoms with Crippen LogP contribution in [0.4, 0.5) is 4.39 Å². The lowest BCUT2D eigenvalue weighted by atomic mass is 9.48. The number of hydrogen-bond donors (Lipinski definition) is 1. The monoisotopic (exact) mass is 299 g/mol. The van der Waals surface area contributed by atoms with Crippen molar-refractivity contribution in [3.63, 3.8) is 0 Å². The van der Waals surface area contributed by atoms with Gasteiger partial charge in [-0.2, -0.15) is 0 Å². The molecule has 0 saturated heterocycles. The van der Waals surface area contributed by atoms with Crippen LogP contribution in [-0.4, -0.2) is 20.5 Å². The second kappa shape index (κ2) is 4.47. The number of alkyl halides is 1. The molecule has 4 fully saturated rings. The van der Waals surface area contributed by atoms with Crippen molar-refractivity contribution >= 4 is 11.4 Å². The number of rotatable bonds is 3. The van der Waals surface area contributed by atoms with E-state index in [4.69, 9.17) is 0 Å². The maximum Gasteiger partial charge on any atom is 0.136 e. The minimum Gasteiger partial charge on any atom is -0.598 e. The average Bonchev–Trinajstić information content (AvgIpc) is 2.30. The minimum absolute atomic E-state index is 0.252. The Bertz CT molecular complexity index is 403. The maximum absolute atomic E-state index is 14.8. The van der Waals surface area contributed by atoms with Gasteiger partial charge in [-0.1, -0.05) is 6.08 Å².